The van der Waals surface area contributed by atoms with Gasteiger partial charge in [0.15, 0.2) is 11.8 Å². The second-order valence-electron chi connectivity index (χ2n) is 5.75. The van der Waals surface area contributed by atoms with Crippen LogP contribution in [0.5, 0.6) is 0 Å². The molecular weight excluding hydrogens is 286 g/mol. The summed E-state index contributed by atoms with van der Waals surface area (Å²) >= 11 is 0. The van der Waals surface area contributed by atoms with Gasteiger partial charge in [-0.15, -0.1) is 0 Å². The van der Waals surface area contributed by atoms with Crippen LogP contribution in [0.1, 0.15) is 43.5 Å². The van der Waals surface area contributed by atoms with E-state index in [-0.39, 0.29) is 18.3 Å². The van der Waals surface area contributed by atoms with Gasteiger partial charge in [-0.2, -0.15) is 4.98 Å². The van der Waals surface area contributed by atoms with Gasteiger partial charge in [-0.3, -0.25) is 4.99 Å². The number of ether oxygens (including phenoxy) is 2. The Morgan fingerprint density at radius 1 is 1.36 bits per heavy atom. The topological polar surface area (TPSA) is 108 Å². The van der Waals surface area contributed by atoms with Crippen LogP contribution >= 0.6 is 0 Å². The van der Waals surface area contributed by atoms with E-state index in [1.165, 1.54) is 0 Å². The Hall–Kier alpha value is -1.67. The Labute approximate surface area is 129 Å². The number of nitrogens with one attached hydrogen (secondary N) is 1. The number of rotatable bonds is 5. The molecule has 8 nitrogen and oxygen atoms in total. The van der Waals surface area contributed by atoms with Crippen molar-refractivity contribution < 1.29 is 14.0 Å². The van der Waals surface area contributed by atoms with E-state index in [0.717, 1.165) is 32.3 Å². The number of hydrogen-bond donors (Lipinski definition) is 2. The summed E-state index contributed by atoms with van der Waals surface area (Å²) in [5, 5.41) is 6.90. The van der Waals surface area contributed by atoms with Crippen LogP contribution in [0.3, 0.4) is 0 Å². The lowest BCUT2D eigenvalue weighted by atomic mass is 10.2. The molecule has 1 unspecified atom stereocenters. The summed E-state index contributed by atoms with van der Waals surface area (Å²) < 4.78 is 16.6. The minimum Gasteiger partial charge on any atom is -0.376 e. The van der Waals surface area contributed by atoms with Crippen LogP contribution in [-0.2, 0) is 9.47 Å². The normalized spacial score (nSPS) is 29.1. The van der Waals surface area contributed by atoms with Gasteiger partial charge in [0.1, 0.15) is 6.10 Å². The SMILES string of the molecule is Cc1noc([C@@H]2CC[C@H](CNC(N)=NCC3CCCO3)O2)n1. The molecule has 3 N–H and O–H groups in total. The van der Waals surface area contributed by atoms with E-state index in [2.05, 4.69) is 20.4 Å². The molecule has 3 rings (SSSR count). The molecule has 122 valence electrons. The molecule has 3 heterocycles. The van der Waals surface area contributed by atoms with E-state index in [0.29, 0.717) is 30.8 Å². The van der Waals surface area contributed by atoms with Crippen LogP contribution in [0, 0.1) is 6.92 Å². The maximum Gasteiger partial charge on any atom is 0.255 e. The van der Waals surface area contributed by atoms with Gasteiger partial charge in [-0.25, -0.2) is 0 Å². The molecule has 2 aliphatic rings. The van der Waals surface area contributed by atoms with Crippen LogP contribution in [-0.4, -0.2) is 48.0 Å². The highest BCUT2D eigenvalue weighted by Crippen LogP contribution is 2.31. The zero-order valence-electron chi connectivity index (χ0n) is 12.8. The largest absolute Gasteiger partial charge is 0.376 e. The van der Waals surface area contributed by atoms with Gasteiger partial charge >= 0.3 is 0 Å². The predicted octanol–water partition coefficient (Wildman–Crippen LogP) is 0.681. The number of nitrogens with zero attached hydrogens (tertiary/aromatic N) is 3. The summed E-state index contributed by atoms with van der Waals surface area (Å²) in [7, 11) is 0. The van der Waals surface area contributed by atoms with E-state index in [4.69, 9.17) is 19.7 Å². The average molecular weight is 309 g/mol. The van der Waals surface area contributed by atoms with Crippen molar-refractivity contribution in [3.05, 3.63) is 11.7 Å². The standard InChI is InChI=1S/C14H23N5O3/c1-9-18-13(22-19-9)12-5-4-11(21-12)8-17-14(15)16-7-10-3-2-6-20-10/h10-12H,2-8H2,1H3,(H3,15,16,17)/t10?,11-,12+/m1/s1. The van der Waals surface area contributed by atoms with Crippen molar-refractivity contribution in [3.63, 3.8) is 0 Å². The first kappa shape index (κ1) is 15.2. The third-order valence-electron chi connectivity index (χ3n) is 3.93. The summed E-state index contributed by atoms with van der Waals surface area (Å²) in [4.78, 5) is 8.52. The number of guanidine groups is 1. The Morgan fingerprint density at radius 2 is 2.27 bits per heavy atom. The van der Waals surface area contributed by atoms with E-state index in [9.17, 15) is 0 Å². The van der Waals surface area contributed by atoms with Gasteiger partial charge in [0.2, 0.25) is 0 Å². The van der Waals surface area contributed by atoms with Crippen LogP contribution in [0.25, 0.3) is 0 Å². The Morgan fingerprint density at radius 3 is 3.00 bits per heavy atom. The lowest BCUT2D eigenvalue weighted by Crippen LogP contribution is -2.37. The van der Waals surface area contributed by atoms with Crippen LogP contribution < -0.4 is 11.1 Å². The van der Waals surface area contributed by atoms with Gasteiger partial charge in [0.25, 0.3) is 5.89 Å². The highest BCUT2D eigenvalue weighted by molar-refractivity contribution is 5.77. The van der Waals surface area contributed by atoms with E-state index in [1.54, 1.807) is 6.92 Å². The Bertz CT molecular complexity index is 512. The minimum absolute atomic E-state index is 0.0775. The van der Waals surface area contributed by atoms with E-state index in [1.807, 2.05) is 0 Å². The Kier molecular flexibility index (Phi) is 4.89. The molecule has 0 aromatic carbocycles. The molecule has 2 saturated heterocycles. The van der Waals surface area contributed by atoms with Gasteiger partial charge in [0.05, 0.1) is 18.8 Å². The highest BCUT2D eigenvalue weighted by Gasteiger charge is 2.30. The van der Waals surface area contributed by atoms with Crippen molar-refractivity contribution >= 4 is 5.96 Å². The van der Waals surface area contributed by atoms with Gasteiger partial charge in [-0.1, -0.05) is 5.16 Å². The zero-order chi connectivity index (χ0) is 15.4. The lowest BCUT2D eigenvalue weighted by molar-refractivity contribution is 0.0286. The van der Waals surface area contributed by atoms with Crippen molar-refractivity contribution in [1.82, 2.24) is 15.5 Å². The van der Waals surface area contributed by atoms with Crippen molar-refractivity contribution in [3.8, 4) is 0 Å². The lowest BCUT2D eigenvalue weighted by Gasteiger charge is -2.13. The van der Waals surface area contributed by atoms with Crippen molar-refractivity contribution in [2.45, 2.75) is 50.9 Å². The quantitative estimate of drug-likeness (QED) is 0.608. The van der Waals surface area contributed by atoms with Gasteiger partial charge in [-0.05, 0) is 32.6 Å². The monoisotopic (exact) mass is 309 g/mol. The third-order valence-corrected chi connectivity index (χ3v) is 3.93. The molecule has 0 radical (unpaired) electrons. The molecule has 3 atom stereocenters. The fourth-order valence-corrected chi connectivity index (χ4v) is 2.74. The summed E-state index contributed by atoms with van der Waals surface area (Å²) in [6, 6.07) is 0. The average Bonchev–Trinajstić information content (AvgIpc) is 3.24. The Balaban J connectivity index is 1.39. The molecule has 2 fully saturated rings. The number of aromatic nitrogens is 2. The third kappa shape index (κ3) is 3.95. The minimum atomic E-state index is -0.113. The predicted molar refractivity (Wildman–Crippen MR) is 79.3 cm³/mol. The first-order valence-corrected chi connectivity index (χ1v) is 7.82. The van der Waals surface area contributed by atoms with Crippen LogP contribution in [0.2, 0.25) is 0 Å². The molecular formula is C14H23N5O3. The summed E-state index contributed by atoms with van der Waals surface area (Å²) in [6.07, 6.45) is 4.16. The van der Waals surface area contributed by atoms with Crippen LogP contribution in [0.4, 0.5) is 0 Å². The highest BCUT2D eigenvalue weighted by atomic mass is 16.5. The maximum absolute atomic E-state index is 5.90. The van der Waals surface area contributed by atoms with Gasteiger partial charge in [0, 0.05) is 13.2 Å². The number of aryl methyl sites for hydroxylation is 1. The fourth-order valence-electron chi connectivity index (χ4n) is 2.74. The van der Waals surface area contributed by atoms with E-state index >= 15 is 0 Å². The van der Waals surface area contributed by atoms with Crippen molar-refractivity contribution in [2.24, 2.45) is 10.7 Å². The molecule has 0 saturated carbocycles. The molecule has 0 bridgehead atoms. The smallest absolute Gasteiger partial charge is 0.255 e. The molecule has 0 amide bonds. The molecule has 1 aromatic heterocycles. The molecule has 0 spiro atoms. The molecule has 22 heavy (non-hydrogen) atoms. The molecule has 1 aromatic rings. The molecule has 0 aliphatic carbocycles. The number of hydrogen-bond acceptors (Lipinski definition) is 6. The first-order chi connectivity index (χ1) is 10.7. The van der Waals surface area contributed by atoms with Crippen LogP contribution in [0.15, 0.2) is 9.52 Å². The van der Waals surface area contributed by atoms with Crippen molar-refractivity contribution in [1.29, 1.82) is 0 Å². The fraction of sp³-hybridized carbons (Fsp3) is 0.786. The number of aliphatic imine (C=N–C) groups is 1. The van der Waals surface area contributed by atoms with Gasteiger partial charge < -0.3 is 25.0 Å². The molecule has 2 aliphatic heterocycles. The summed E-state index contributed by atoms with van der Waals surface area (Å²) in [5.41, 5.74) is 5.87. The summed E-state index contributed by atoms with van der Waals surface area (Å²) in [6.45, 7) is 3.88. The maximum atomic E-state index is 5.90. The molecule has 8 heteroatoms. The first-order valence-electron chi connectivity index (χ1n) is 7.82. The zero-order valence-corrected chi connectivity index (χ0v) is 12.8. The second-order valence-corrected chi connectivity index (χ2v) is 5.75. The second kappa shape index (κ2) is 7.06. The summed E-state index contributed by atoms with van der Waals surface area (Å²) in [5.74, 6) is 1.63. The van der Waals surface area contributed by atoms with Crippen molar-refractivity contribution in [2.75, 3.05) is 19.7 Å². The van der Waals surface area contributed by atoms with E-state index < -0.39 is 0 Å². The number of nitrogens with two attached hydrogens (primary N) is 1.